The zero-order valence-corrected chi connectivity index (χ0v) is 18.3. The van der Waals surface area contributed by atoms with E-state index >= 15 is 0 Å². The van der Waals surface area contributed by atoms with Crippen molar-refractivity contribution < 1.29 is 18.0 Å². The van der Waals surface area contributed by atoms with Gasteiger partial charge in [-0.15, -0.1) is 11.3 Å². The second-order valence-electron chi connectivity index (χ2n) is 6.79. The lowest BCUT2D eigenvalue weighted by Gasteiger charge is -2.23. The van der Waals surface area contributed by atoms with E-state index in [9.17, 15) is 18.0 Å². The average Bonchev–Trinajstić information content (AvgIpc) is 3.33. The Kier molecular flexibility index (Phi) is 6.40. The van der Waals surface area contributed by atoms with E-state index in [-0.39, 0.29) is 23.1 Å². The minimum atomic E-state index is -3.61. The number of hydrogen-bond donors (Lipinski definition) is 1. The van der Waals surface area contributed by atoms with E-state index in [2.05, 4.69) is 5.32 Å². The highest BCUT2D eigenvalue weighted by Gasteiger charge is 2.37. The highest BCUT2D eigenvalue weighted by molar-refractivity contribution is 7.89. The Morgan fingerprint density at radius 3 is 2.55 bits per heavy atom. The molecule has 1 unspecified atom stereocenters. The molecule has 0 saturated carbocycles. The van der Waals surface area contributed by atoms with Gasteiger partial charge in [0.1, 0.15) is 6.04 Å². The van der Waals surface area contributed by atoms with Crippen molar-refractivity contribution in [2.45, 2.75) is 44.7 Å². The molecular formula is C20H25N3O4S2. The molecule has 1 atom stereocenters. The SMILES string of the molecule is CCN(CC)S(=O)(=O)c1ccc2c(c1)CC(C(=O)NCc1cccs1)N2C(C)=O. The zero-order valence-electron chi connectivity index (χ0n) is 16.7. The summed E-state index contributed by atoms with van der Waals surface area (Å²) in [5, 5.41) is 4.82. The van der Waals surface area contributed by atoms with Gasteiger partial charge in [-0.05, 0) is 35.2 Å². The van der Waals surface area contributed by atoms with Gasteiger partial charge in [0.15, 0.2) is 0 Å². The van der Waals surface area contributed by atoms with Crippen LogP contribution in [0.25, 0.3) is 0 Å². The van der Waals surface area contributed by atoms with Crippen LogP contribution in [0, 0.1) is 0 Å². The third kappa shape index (κ3) is 4.22. The van der Waals surface area contributed by atoms with Crippen molar-refractivity contribution >= 4 is 38.9 Å². The highest BCUT2D eigenvalue weighted by atomic mass is 32.2. The molecule has 1 aliphatic heterocycles. The molecule has 0 aliphatic carbocycles. The molecule has 2 aromatic rings. The van der Waals surface area contributed by atoms with Crippen LogP contribution in [0.2, 0.25) is 0 Å². The van der Waals surface area contributed by atoms with Crippen molar-refractivity contribution in [1.82, 2.24) is 9.62 Å². The van der Waals surface area contributed by atoms with Gasteiger partial charge in [0.05, 0.1) is 11.4 Å². The molecule has 3 rings (SSSR count). The first-order chi connectivity index (χ1) is 13.8. The van der Waals surface area contributed by atoms with E-state index < -0.39 is 16.1 Å². The zero-order chi connectivity index (χ0) is 21.2. The van der Waals surface area contributed by atoms with Gasteiger partial charge >= 0.3 is 0 Å². The van der Waals surface area contributed by atoms with Gasteiger partial charge in [0, 0.05) is 37.0 Å². The standard InChI is InChI=1S/C20H25N3O4S2/c1-4-22(5-2)29(26,27)17-8-9-18-15(11-17)12-19(23(18)14(3)24)20(25)21-13-16-7-6-10-28-16/h6-11,19H,4-5,12-13H2,1-3H3,(H,21,25). The fourth-order valence-electron chi connectivity index (χ4n) is 3.61. The topological polar surface area (TPSA) is 86.8 Å². The molecular weight excluding hydrogens is 410 g/mol. The number of anilines is 1. The predicted molar refractivity (Wildman–Crippen MR) is 113 cm³/mol. The van der Waals surface area contributed by atoms with Crippen molar-refractivity contribution in [1.29, 1.82) is 0 Å². The van der Waals surface area contributed by atoms with Gasteiger partial charge in [-0.25, -0.2) is 8.42 Å². The molecule has 2 amide bonds. The third-order valence-electron chi connectivity index (χ3n) is 5.04. The summed E-state index contributed by atoms with van der Waals surface area (Å²) in [5.74, 6) is -0.502. The summed E-state index contributed by atoms with van der Waals surface area (Å²) < 4.78 is 27.0. The molecule has 1 aromatic carbocycles. The number of amides is 2. The third-order valence-corrected chi connectivity index (χ3v) is 7.96. The first kappa shape index (κ1) is 21.5. The Bertz CT molecular complexity index is 999. The van der Waals surface area contributed by atoms with Crippen LogP contribution in [-0.2, 0) is 32.6 Å². The number of hydrogen-bond acceptors (Lipinski definition) is 5. The van der Waals surface area contributed by atoms with Crippen LogP contribution >= 0.6 is 11.3 Å². The van der Waals surface area contributed by atoms with Crippen LogP contribution < -0.4 is 10.2 Å². The van der Waals surface area contributed by atoms with Crippen molar-refractivity contribution in [3.05, 3.63) is 46.2 Å². The molecule has 0 saturated heterocycles. The lowest BCUT2D eigenvalue weighted by atomic mass is 10.1. The molecule has 2 heterocycles. The van der Waals surface area contributed by atoms with Gasteiger partial charge < -0.3 is 5.32 Å². The summed E-state index contributed by atoms with van der Waals surface area (Å²) in [6, 6.07) is 7.88. The van der Waals surface area contributed by atoms with Gasteiger partial charge in [-0.2, -0.15) is 4.31 Å². The monoisotopic (exact) mass is 435 g/mol. The largest absolute Gasteiger partial charge is 0.349 e. The highest BCUT2D eigenvalue weighted by Crippen LogP contribution is 2.35. The predicted octanol–water partition coefficient (Wildman–Crippen LogP) is 2.37. The van der Waals surface area contributed by atoms with Crippen LogP contribution in [-0.4, -0.2) is 43.7 Å². The minimum Gasteiger partial charge on any atom is -0.349 e. The van der Waals surface area contributed by atoms with Gasteiger partial charge in [-0.3, -0.25) is 14.5 Å². The lowest BCUT2D eigenvalue weighted by Crippen LogP contribution is -2.47. The lowest BCUT2D eigenvalue weighted by molar-refractivity contribution is -0.125. The van der Waals surface area contributed by atoms with Crippen LogP contribution in [0.5, 0.6) is 0 Å². The molecule has 0 spiro atoms. The quantitative estimate of drug-likeness (QED) is 0.723. The Hall–Kier alpha value is -2.23. The number of rotatable bonds is 7. The van der Waals surface area contributed by atoms with E-state index in [0.29, 0.717) is 30.9 Å². The van der Waals surface area contributed by atoms with E-state index in [1.807, 2.05) is 17.5 Å². The molecule has 9 heteroatoms. The number of fused-ring (bicyclic) bond motifs is 1. The van der Waals surface area contributed by atoms with Crippen LogP contribution in [0.1, 0.15) is 31.2 Å². The molecule has 7 nitrogen and oxygen atoms in total. The number of nitrogens with one attached hydrogen (secondary N) is 1. The van der Waals surface area contributed by atoms with Crippen molar-refractivity contribution in [2.75, 3.05) is 18.0 Å². The van der Waals surface area contributed by atoms with E-state index in [4.69, 9.17) is 0 Å². The fourth-order valence-corrected chi connectivity index (χ4v) is 5.76. The molecule has 0 radical (unpaired) electrons. The van der Waals surface area contributed by atoms with Gasteiger partial charge in [-0.1, -0.05) is 19.9 Å². The van der Waals surface area contributed by atoms with Gasteiger partial charge in [0.2, 0.25) is 21.8 Å². The number of nitrogens with zero attached hydrogens (tertiary/aromatic N) is 2. The first-order valence-electron chi connectivity index (χ1n) is 9.52. The molecule has 1 aromatic heterocycles. The van der Waals surface area contributed by atoms with Crippen molar-refractivity contribution in [3.8, 4) is 0 Å². The molecule has 0 bridgehead atoms. The summed E-state index contributed by atoms with van der Waals surface area (Å²) in [6.07, 6.45) is 0.285. The Balaban J connectivity index is 1.86. The number of benzene rings is 1. The maximum atomic E-state index is 12.8. The fraction of sp³-hybridized carbons (Fsp3) is 0.400. The summed E-state index contributed by atoms with van der Waals surface area (Å²) in [7, 11) is -3.61. The van der Waals surface area contributed by atoms with E-state index in [0.717, 1.165) is 4.88 Å². The Morgan fingerprint density at radius 2 is 1.97 bits per heavy atom. The first-order valence-corrected chi connectivity index (χ1v) is 11.8. The average molecular weight is 436 g/mol. The van der Waals surface area contributed by atoms with E-state index in [1.165, 1.54) is 22.2 Å². The summed E-state index contributed by atoms with van der Waals surface area (Å²) in [5.41, 5.74) is 1.27. The van der Waals surface area contributed by atoms with Crippen molar-refractivity contribution in [2.24, 2.45) is 0 Å². The maximum Gasteiger partial charge on any atom is 0.243 e. The minimum absolute atomic E-state index is 0.183. The summed E-state index contributed by atoms with van der Waals surface area (Å²) in [4.78, 5) is 27.7. The van der Waals surface area contributed by atoms with Crippen molar-refractivity contribution in [3.63, 3.8) is 0 Å². The molecule has 156 valence electrons. The smallest absolute Gasteiger partial charge is 0.243 e. The van der Waals surface area contributed by atoms with E-state index in [1.54, 1.807) is 37.3 Å². The number of sulfonamides is 1. The number of carbonyl (C=O) groups excluding carboxylic acids is 2. The second-order valence-corrected chi connectivity index (χ2v) is 9.76. The van der Waals surface area contributed by atoms with Crippen LogP contribution in [0.3, 0.4) is 0 Å². The summed E-state index contributed by atoms with van der Waals surface area (Å²) >= 11 is 1.55. The van der Waals surface area contributed by atoms with Gasteiger partial charge in [0.25, 0.3) is 0 Å². The molecule has 29 heavy (non-hydrogen) atoms. The summed E-state index contributed by atoms with van der Waals surface area (Å²) in [6.45, 7) is 6.15. The van der Waals surface area contributed by atoms with Crippen LogP contribution in [0.4, 0.5) is 5.69 Å². The second kappa shape index (κ2) is 8.64. The Labute approximate surface area is 175 Å². The molecule has 0 fully saturated rings. The number of carbonyl (C=O) groups is 2. The van der Waals surface area contributed by atoms with Crippen LogP contribution in [0.15, 0.2) is 40.6 Å². The molecule has 1 aliphatic rings. The Morgan fingerprint density at radius 1 is 1.24 bits per heavy atom. The number of thiophene rings is 1. The molecule has 1 N–H and O–H groups in total. The maximum absolute atomic E-state index is 12.8. The normalized spacial score (nSPS) is 16.1.